The van der Waals surface area contributed by atoms with Crippen LogP contribution in [-0.4, -0.2) is 26.3 Å². The molecule has 1 aromatic heterocycles. The summed E-state index contributed by atoms with van der Waals surface area (Å²) in [7, 11) is 1.53. The Bertz CT molecular complexity index is 1180. The quantitative estimate of drug-likeness (QED) is 0.172. The van der Waals surface area contributed by atoms with Gasteiger partial charge in [-0.05, 0) is 49.2 Å². The molecule has 7 nitrogen and oxygen atoms in total. The number of hydrogen-bond acceptors (Lipinski definition) is 7. The van der Waals surface area contributed by atoms with E-state index < -0.39 is 11.6 Å². The van der Waals surface area contributed by atoms with Crippen molar-refractivity contribution in [3.63, 3.8) is 0 Å². The highest BCUT2D eigenvalue weighted by atomic mass is 16.5. The van der Waals surface area contributed by atoms with E-state index in [1.54, 1.807) is 24.3 Å². The van der Waals surface area contributed by atoms with Gasteiger partial charge in [-0.1, -0.05) is 19.4 Å². The Morgan fingerprint density at radius 2 is 1.88 bits per heavy atom. The van der Waals surface area contributed by atoms with Crippen LogP contribution in [0.1, 0.15) is 37.8 Å². The molecule has 33 heavy (non-hydrogen) atoms. The van der Waals surface area contributed by atoms with Crippen molar-refractivity contribution < 1.29 is 28.2 Å². The fourth-order valence-electron chi connectivity index (χ4n) is 3.16. The summed E-state index contributed by atoms with van der Waals surface area (Å²) in [6.45, 7) is 5.07. The van der Waals surface area contributed by atoms with Crippen molar-refractivity contribution in [2.75, 3.05) is 20.3 Å². The maximum absolute atomic E-state index is 12.3. The smallest absolute Gasteiger partial charge is 0.336 e. The highest BCUT2D eigenvalue weighted by Gasteiger charge is 2.10. The van der Waals surface area contributed by atoms with Crippen molar-refractivity contribution in [2.45, 2.75) is 33.3 Å². The number of methoxy groups -OCH3 is 1. The lowest BCUT2D eigenvalue weighted by atomic mass is 10.1. The molecule has 0 aliphatic heterocycles. The van der Waals surface area contributed by atoms with Crippen LogP contribution in [0.5, 0.6) is 17.2 Å². The number of fused-ring (bicyclic) bond motifs is 1. The summed E-state index contributed by atoms with van der Waals surface area (Å²) in [5.74, 6) is 1.33. The van der Waals surface area contributed by atoms with E-state index >= 15 is 0 Å². The summed E-state index contributed by atoms with van der Waals surface area (Å²) >= 11 is 0. The van der Waals surface area contributed by atoms with Gasteiger partial charge in [-0.15, -0.1) is 0 Å². The number of rotatable bonds is 11. The molecule has 0 saturated carbocycles. The summed E-state index contributed by atoms with van der Waals surface area (Å²) in [5.41, 5.74) is 1.17. The van der Waals surface area contributed by atoms with E-state index in [1.807, 2.05) is 25.1 Å². The predicted molar refractivity (Wildman–Crippen MR) is 126 cm³/mol. The van der Waals surface area contributed by atoms with Crippen LogP contribution in [0.25, 0.3) is 17.0 Å². The molecule has 0 atom stereocenters. The van der Waals surface area contributed by atoms with E-state index in [2.05, 4.69) is 6.92 Å². The van der Waals surface area contributed by atoms with Crippen LogP contribution in [0.3, 0.4) is 0 Å². The number of unbranched alkanes of at least 4 members (excludes halogenated alkanes) is 1. The Labute approximate surface area is 192 Å². The molecule has 3 aromatic rings. The Kier molecular flexibility index (Phi) is 8.52. The third-order valence-electron chi connectivity index (χ3n) is 4.84. The minimum absolute atomic E-state index is 0.0635. The van der Waals surface area contributed by atoms with Crippen LogP contribution >= 0.6 is 0 Å². The molecule has 0 unspecified atom stereocenters. The van der Waals surface area contributed by atoms with Gasteiger partial charge in [0.25, 0.3) is 0 Å². The fourth-order valence-corrected chi connectivity index (χ4v) is 3.16. The molecular weight excluding hydrogens is 424 g/mol. The molecule has 2 aromatic carbocycles. The largest absolute Gasteiger partial charge is 0.497 e. The lowest BCUT2D eigenvalue weighted by Crippen LogP contribution is -2.05. The highest BCUT2D eigenvalue weighted by molar-refractivity contribution is 5.87. The van der Waals surface area contributed by atoms with Crippen LogP contribution in [0.4, 0.5) is 0 Å². The van der Waals surface area contributed by atoms with E-state index in [1.165, 1.54) is 19.3 Å². The highest BCUT2D eigenvalue weighted by Crippen LogP contribution is 2.29. The number of carbonyl (C=O) groups excluding carboxylic acids is 1. The van der Waals surface area contributed by atoms with Gasteiger partial charge in [0.05, 0.1) is 20.3 Å². The van der Waals surface area contributed by atoms with Crippen LogP contribution in [0.2, 0.25) is 0 Å². The average Bonchev–Trinajstić information content (AvgIpc) is 2.82. The monoisotopic (exact) mass is 452 g/mol. The zero-order valence-corrected chi connectivity index (χ0v) is 19.1. The lowest BCUT2D eigenvalue weighted by Gasteiger charge is -2.12. The lowest BCUT2D eigenvalue weighted by molar-refractivity contribution is -0.138. The second-order valence-corrected chi connectivity index (χ2v) is 7.24. The molecule has 0 saturated heterocycles. The van der Waals surface area contributed by atoms with Gasteiger partial charge in [0.15, 0.2) is 11.5 Å². The first-order chi connectivity index (χ1) is 16.0. The molecular formula is C26H28O7. The van der Waals surface area contributed by atoms with Gasteiger partial charge >= 0.3 is 11.6 Å². The Hall–Kier alpha value is -3.74. The number of hydrogen-bond donors (Lipinski definition) is 0. The minimum Gasteiger partial charge on any atom is -0.497 e. The Morgan fingerprint density at radius 3 is 2.64 bits per heavy atom. The van der Waals surface area contributed by atoms with Gasteiger partial charge < -0.3 is 23.4 Å². The van der Waals surface area contributed by atoms with Gasteiger partial charge in [-0.2, -0.15) is 0 Å². The summed E-state index contributed by atoms with van der Waals surface area (Å²) in [4.78, 5) is 24.1. The van der Waals surface area contributed by atoms with Crippen LogP contribution < -0.4 is 19.8 Å². The van der Waals surface area contributed by atoms with Crippen molar-refractivity contribution >= 4 is 23.0 Å². The molecule has 0 radical (unpaired) electrons. The molecule has 7 heteroatoms. The summed E-state index contributed by atoms with van der Waals surface area (Å²) in [6, 6.07) is 11.9. The third kappa shape index (κ3) is 6.62. The van der Waals surface area contributed by atoms with E-state index in [0.29, 0.717) is 47.0 Å². The van der Waals surface area contributed by atoms with Crippen LogP contribution in [0.15, 0.2) is 57.8 Å². The van der Waals surface area contributed by atoms with Crippen LogP contribution in [0, 0.1) is 0 Å². The van der Waals surface area contributed by atoms with Gasteiger partial charge in [0.1, 0.15) is 17.9 Å². The molecule has 0 bridgehead atoms. The van der Waals surface area contributed by atoms with Crippen molar-refractivity contribution in [2.24, 2.45) is 0 Å². The number of esters is 1. The predicted octanol–water partition coefficient (Wildman–Crippen LogP) is 5.14. The van der Waals surface area contributed by atoms with E-state index in [4.69, 9.17) is 23.4 Å². The number of carbonyl (C=O) groups is 1. The molecule has 0 fully saturated rings. The van der Waals surface area contributed by atoms with Gasteiger partial charge in [-0.3, -0.25) is 0 Å². The zero-order valence-electron chi connectivity index (χ0n) is 19.1. The number of benzene rings is 2. The second-order valence-electron chi connectivity index (χ2n) is 7.24. The topological polar surface area (TPSA) is 84.2 Å². The van der Waals surface area contributed by atoms with Crippen molar-refractivity contribution in [1.29, 1.82) is 0 Å². The first-order valence-corrected chi connectivity index (χ1v) is 10.9. The normalized spacial score (nSPS) is 11.0. The van der Waals surface area contributed by atoms with Gasteiger partial charge in [-0.25, -0.2) is 9.59 Å². The Balaban J connectivity index is 1.68. The maximum Gasteiger partial charge on any atom is 0.336 e. The second kappa shape index (κ2) is 11.8. The first kappa shape index (κ1) is 23.9. The van der Waals surface area contributed by atoms with Crippen LogP contribution in [-0.2, 0) is 16.1 Å². The van der Waals surface area contributed by atoms with E-state index in [9.17, 15) is 9.59 Å². The molecule has 0 aliphatic carbocycles. The third-order valence-corrected chi connectivity index (χ3v) is 4.84. The molecule has 0 aliphatic rings. The standard InChI is InChI=1S/C26H28O7/c1-4-6-13-31-22-11-7-18(14-24(22)30-5-2)8-12-25(27)32-17-19-15-26(28)33-23-16-20(29-3)9-10-21(19)23/h7-12,14-16H,4-6,13,17H2,1-3H3. The van der Waals surface area contributed by atoms with Crippen molar-refractivity contribution in [3.05, 3.63) is 70.1 Å². The molecule has 0 spiro atoms. The van der Waals surface area contributed by atoms with Gasteiger partial charge in [0, 0.05) is 29.2 Å². The van der Waals surface area contributed by atoms with E-state index in [0.717, 1.165) is 18.4 Å². The summed E-state index contributed by atoms with van der Waals surface area (Å²) in [6.07, 6.45) is 4.98. The van der Waals surface area contributed by atoms with Gasteiger partial charge in [0.2, 0.25) is 0 Å². The molecule has 3 rings (SSSR count). The van der Waals surface area contributed by atoms with E-state index in [-0.39, 0.29) is 6.61 Å². The fraction of sp³-hybridized carbons (Fsp3) is 0.308. The van der Waals surface area contributed by atoms with Crippen molar-refractivity contribution in [1.82, 2.24) is 0 Å². The molecule has 174 valence electrons. The Morgan fingerprint density at radius 1 is 1.03 bits per heavy atom. The number of ether oxygens (including phenoxy) is 4. The molecule has 0 N–H and O–H groups in total. The first-order valence-electron chi connectivity index (χ1n) is 10.9. The SMILES string of the molecule is CCCCOc1ccc(C=CC(=O)OCc2cc(=O)oc3cc(OC)ccc23)cc1OCC. The average molecular weight is 453 g/mol. The minimum atomic E-state index is -0.536. The zero-order chi connectivity index (χ0) is 23.6. The molecule has 0 amide bonds. The summed E-state index contributed by atoms with van der Waals surface area (Å²) < 4.78 is 27.2. The summed E-state index contributed by atoms with van der Waals surface area (Å²) in [5, 5.41) is 0.673. The van der Waals surface area contributed by atoms with Crippen molar-refractivity contribution in [3.8, 4) is 17.2 Å². The molecule has 1 heterocycles. The maximum atomic E-state index is 12.3.